The molecule has 3 N–H and O–H groups in total. The van der Waals surface area contributed by atoms with E-state index in [9.17, 15) is 0 Å². The third-order valence-electron chi connectivity index (χ3n) is 4.69. The largest absolute Gasteiger partial charge is 0.383 e. The van der Waals surface area contributed by atoms with E-state index >= 15 is 0 Å². The Labute approximate surface area is 233 Å². The number of alkyl halides is 2. The molecule has 8 heteroatoms. The highest BCUT2D eigenvalue weighted by molar-refractivity contribution is 8.13. The van der Waals surface area contributed by atoms with Crippen LogP contribution >= 0.6 is 45.0 Å². The van der Waals surface area contributed by atoms with Gasteiger partial charge >= 0.3 is 0 Å². The van der Waals surface area contributed by atoms with Gasteiger partial charge in [-0.25, -0.2) is 4.98 Å². The molecule has 0 aliphatic rings. The van der Waals surface area contributed by atoms with E-state index in [0.29, 0.717) is 11.7 Å². The summed E-state index contributed by atoms with van der Waals surface area (Å²) in [6.45, 7) is 8.11. The summed E-state index contributed by atoms with van der Waals surface area (Å²) in [4.78, 5) is 10.9. The fourth-order valence-corrected chi connectivity index (χ4v) is 5.42. The number of halogens is 2. The van der Waals surface area contributed by atoms with Crippen molar-refractivity contribution in [2.75, 3.05) is 17.4 Å². The summed E-state index contributed by atoms with van der Waals surface area (Å²) in [5.74, 6) is 6.20. The minimum atomic E-state index is -0.109. The van der Waals surface area contributed by atoms with Gasteiger partial charge in [-0.05, 0) is 61.2 Å². The van der Waals surface area contributed by atoms with Gasteiger partial charge in [0.1, 0.15) is 5.82 Å². The number of allylic oxidation sites excluding steroid dienone is 4. The first kappa shape index (κ1) is 31.9. The zero-order chi connectivity index (χ0) is 26.9. The summed E-state index contributed by atoms with van der Waals surface area (Å²) in [5, 5.41) is 4.22. The maximum absolute atomic E-state index is 6.17. The van der Waals surface area contributed by atoms with E-state index in [0.717, 1.165) is 27.9 Å². The van der Waals surface area contributed by atoms with Crippen LogP contribution in [-0.2, 0) is 12.2 Å². The van der Waals surface area contributed by atoms with Gasteiger partial charge in [0.15, 0.2) is 5.13 Å². The maximum Gasteiger partial charge on any atom is 0.189 e. The second-order valence-corrected chi connectivity index (χ2v) is 11.1. The average Bonchev–Trinajstić information content (AvgIpc) is 3.23. The van der Waals surface area contributed by atoms with Crippen molar-refractivity contribution in [1.82, 2.24) is 9.97 Å². The Morgan fingerprint density at radius 1 is 1.06 bits per heavy atom. The molecule has 0 radical (unpaired) electrons. The number of benzene rings is 1. The number of pyridine rings is 1. The molecule has 3 unspecified atom stereocenters. The third kappa shape index (κ3) is 11.7. The smallest absolute Gasteiger partial charge is 0.189 e. The summed E-state index contributed by atoms with van der Waals surface area (Å²) in [7, 11) is -0.109. The van der Waals surface area contributed by atoms with Crippen molar-refractivity contribution in [3.05, 3.63) is 83.5 Å². The number of nitrogens with two attached hydrogens (primary N) is 1. The molecule has 0 spiro atoms. The number of rotatable bonds is 10. The minimum Gasteiger partial charge on any atom is -0.383 e. The van der Waals surface area contributed by atoms with E-state index in [1.165, 1.54) is 16.8 Å². The first-order valence-electron chi connectivity index (χ1n) is 11.8. The Morgan fingerprint density at radius 3 is 2.28 bits per heavy atom. The summed E-state index contributed by atoms with van der Waals surface area (Å²) in [5.41, 5.74) is 8.41. The molecule has 0 amide bonds. The molecule has 0 aliphatic carbocycles. The average molecular weight is 566 g/mol. The van der Waals surface area contributed by atoms with Gasteiger partial charge in [0.05, 0.1) is 4.88 Å². The lowest BCUT2D eigenvalue weighted by Gasteiger charge is -2.09. The highest BCUT2D eigenvalue weighted by Gasteiger charge is 2.11. The lowest BCUT2D eigenvalue weighted by molar-refractivity contribution is 0.733. The zero-order valence-corrected chi connectivity index (χ0v) is 24.9. The predicted molar refractivity (Wildman–Crippen MR) is 167 cm³/mol. The number of aromatic nitrogens is 2. The molecular formula is C28H38Cl2N4S2. The van der Waals surface area contributed by atoms with E-state index in [-0.39, 0.29) is 15.9 Å². The standard InChI is InChI=1S/C25H29ClN4S2.C2H6.CH3Cl/c1-18(6-4-5-7-19(2)26)16-23-24(27)30-25(31-23)29-21-8-10-22(11-9-21)32(3)17-20-12-14-28-15-13-20;2*1-2/h4-15,18-19H,3,16-17,27H2,1-2H3,(H,29,30);1-2H3;1H3/b6-4-,7-5-;;. The van der Waals surface area contributed by atoms with Gasteiger partial charge in [-0.2, -0.15) is 10.5 Å². The second kappa shape index (κ2) is 18.2. The van der Waals surface area contributed by atoms with E-state index in [4.69, 9.17) is 17.3 Å². The summed E-state index contributed by atoms with van der Waals surface area (Å²) < 4.78 is 0. The lowest BCUT2D eigenvalue weighted by atomic mass is 10.1. The Bertz CT molecular complexity index is 1080. The molecule has 0 bridgehead atoms. The monoisotopic (exact) mass is 564 g/mol. The predicted octanol–water partition coefficient (Wildman–Crippen LogP) is 8.92. The van der Waals surface area contributed by atoms with Crippen LogP contribution in [0.15, 0.2) is 78.0 Å². The fraction of sp³-hybridized carbons (Fsp3) is 0.321. The van der Waals surface area contributed by atoms with Crippen LogP contribution in [0.4, 0.5) is 16.6 Å². The second-order valence-electron chi connectivity index (χ2n) is 7.60. The topological polar surface area (TPSA) is 63.8 Å². The SMILES string of the molecule is C=S(Cc1ccncc1)c1ccc(Nc2nc(N)c(CC(C)/C=C\C=C/C(C)Cl)s2)cc1.CC.CCl. The highest BCUT2D eigenvalue weighted by Crippen LogP contribution is 2.32. The van der Waals surface area contributed by atoms with Crippen molar-refractivity contribution in [1.29, 1.82) is 0 Å². The van der Waals surface area contributed by atoms with Crippen LogP contribution in [0.1, 0.15) is 38.1 Å². The van der Waals surface area contributed by atoms with Crippen LogP contribution in [0.3, 0.4) is 0 Å². The molecule has 196 valence electrons. The van der Waals surface area contributed by atoms with Crippen LogP contribution in [0, 0.1) is 5.92 Å². The van der Waals surface area contributed by atoms with Crippen molar-refractivity contribution < 1.29 is 0 Å². The first-order valence-corrected chi connectivity index (χ1v) is 15.4. The Balaban J connectivity index is 0.00000154. The van der Waals surface area contributed by atoms with E-state index < -0.39 is 0 Å². The van der Waals surface area contributed by atoms with E-state index in [2.05, 4.69) is 70.0 Å². The van der Waals surface area contributed by atoms with Crippen LogP contribution in [-0.4, -0.2) is 27.6 Å². The molecular weight excluding hydrogens is 527 g/mol. The van der Waals surface area contributed by atoms with Gasteiger partial charge in [-0.1, -0.05) is 62.3 Å². The Morgan fingerprint density at radius 2 is 1.67 bits per heavy atom. The molecule has 0 saturated carbocycles. The van der Waals surface area contributed by atoms with Crippen LogP contribution in [0.5, 0.6) is 0 Å². The molecule has 4 nitrogen and oxygen atoms in total. The van der Waals surface area contributed by atoms with Crippen LogP contribution in [0.2, 0.25) is 0 Å². The van der Waals surface area contributed by atoms with Crippen molar-refractivity contribution in [2.45, 2.75) is 50.1 Å². The number of nitrogens with zero attached hydrogens (tertiary/aromatic N) is 2. The molecule has 1 aromatic carbocycles. The van der Waals surface area contributed by atoms with Gasteiger partial charge in [0, 0.05) is 40.5 Å². The number of hydrogen-bond donors (Lipinski definition) is 2. The van der Waals surface area contributed by atoms with E-state index in [1.807, 2.05) is 63.5 Å². The lowest BCUT2D eigenvalue weighted by Crippen LogP contribution is -1.97. The van der Waals surface area contributed by atoms with Gasteiger partial charge in [0.25, 0.3) is 0 Å². The molecule has 0 aliphatic heterocycles. The Hall–Kier alpha value is -2.12. The number of nitrogens with one attached hydrogen (secondary N) is 1. The fourth-order valence-electron chi connectivity index (χ4n) is 3.01. The summed E-state index contributed by atoms with van der Waals surface area (Å²) >= 11 is 12.2. The summed E-state index contributed by atoms with van der Waals surface area (Å²) in [6.07, 6.45) is 14.1. The van der Waals surface area contributed by atoms with Gasteiger partial charge in [-0.15, -0.1) is 23.2 Å². The van der Waals surface area contributed by atoms with Crippen molar-refractivity contribution in [3.63, 3.8) is 0 Å². The molecule has 3 aromatic rings. The Kier molecular flexibility index (Phi) is 16.1. The van der Waals surface area contributed by atoms with Gasteiger partial charge in [0.2, 0.25) is 0 Å². The molecule has 2 heterocycles. The number of thiazole rings is 1. The number of hydrogen-bond acceptors (Lipinski definition) is 5. The number of nitrogen functional groups attached to an aromatic ring is 1. The van der Waals surface area contributed by atoms with Gasteiger partial charge < -0.3 is 11.1 Å². The van der Waals surface area contributed by atoms with Crippen LogP contribution < -0.4 is 11.1 Å². The van der Waals surface area contributed by atoms with Crippen LogP contribution in [0.25, 0.3) is 0 Å². The third-order valence-corrected chi connectivity index (χ3v) is 7.47. The molecule has 3 rings (SSSR count). The minimum absolute atomic E-state index is 0.0381. The highest BCUT2D eigenvalue weighted by atomic mass is 35.5. The zero-order valence-electron chi connectivity index (χ0n) is 21.7. The van der Waals surface area contributed by atoms with E-state index in [1.54, 1.807) is 11.3 Å². The normalized spacial score (nSPS) is 13.3. The van der Waals surface area contributed by atoms with Crippen molar-refractivity contribution in [2.24, 2.45) is 5.92 Å². The first-order chi connectivity index (χ1) is 17.4. The van der Waals surface area contributed by atoms with Gasteiger partial charge in [-0.3, -0.25) is 4.98 Å². The number of anilines is 3. The molecule has 0 fully saturated rings. The maximum atomic E-state index is 6.17. The molecule has 0 saturated heterocycles. The molecule has 3 atom stereocenters. The van der Waals surface area contributed by atoms with Crippen molar-refractivity contribution in [3.8, 4) is 0 Å². The molecule has 2 aromatic heterocycles. The summed E-state index contributed by atoms with van der Waals surface area (Å²) in [6, 6.07) is 12.5. The van der Waals surface area contributed by atoms with Crippen molar-refractivity contribution >= 4 is 67.5 Å². The quantitative estimate of drug-likeness (QED) is 0.146. The molecule has 36 heavy (non-hydrogen) atoms.